The van der Waals surface area contributed by atoms with Crippen LogP contribution in [0.4, 0.5) is 0 Å². The number of aromatic nitrogens is 2. The standard InChI is InChI=1S/C14H19N5O2.HI/c1-10-18-13(19-21-10)9-17-14(15)16-8-7-11-3-5-12(20-2)6-4-11;/h3-6H,7-9H2,1-2H3,(H3,15,16,17);1H. The summed E-state index contributed by atoms with van der Waals surface area (Å²) in [7, 11) is 1.65. The molecule has 1 aromatic carbocycles. The molecule has 22 heavy (non-hydrogen) atoms. The molecule has 0 saturated heterocycles. The van der Waals surface area contributed by atoms with Gasteiger partial charge in [-0.3, -0.25) is 0 Å². The van der Waals surface area contributed by atoms with Crippen molar-refractivity contribution in [2.45, 2.75) is 19.9 Å². The summed E-state index contributed by atoms with van der Waals surface area (Å²) in [5, 5.41) is 6.79. The summed E-state index contributed by atoms with van der Waals surface area (Å²) in [6, 6.07) is 7.92. The quantitative estimate of drug-likeness (QED) is 0.422. The van der Waals surface area contributed by atoms with Crippen molar-refractivity contribution in [1.29, 1.82) is 0 Å². The monoisotopic (exact) mass is 417 g/mol. The minimum absolute atomic E-state index is 0. The highest BCUT2D eigenvalue weighted by Gasteiger charge is 2.01. The Morgan fingerprint density at radius 1 is 1.36 bits per heavy atom. The van der Waals surface area contributed by atoms with Gasteiger partial charge in [-0.1, -0.05) is 17.3 Å². The Hall–Kier alpha value is -1.84. The zero-order chi connectivity index (χ0) is 15.1. The second-order valence-corrected chi connectivity index (χ2v) is 4.46. The average molecular weight is 417 g/mol. The highest BCUT2D eigenvalue weighted by Crippen LogP contribution is 2.11. The van der Waals surface area contributed by atoms with Crippen LogP contribution in [0, 0.1) is 6.92 Å². The first-order valence-corrected chi connectivity index (χ1v) is 6.63. The fourth-order valence-electron chi connectivity index (χ4n) is 1.74. The van der Waals surface area contributed by atoms with Gasteiger partial charge in [0, 0.05) is 13.5 Å². The minimum atomic E-state index is 0. The predicted octanol–water partition coefficient (Wildman–Crippen LogP) is 1.65. The van der Waals surface area contributed by atoms with Crippen LogP contribution in [0.25, 0.3) is 0 Å². The Labute approximate surface area is 146 Å². The van der Waals surface area contributed by atoms with E-state index in [2.05, 4.69) is 20.4 Å². The summed E-state index contributed by atoms with van der Waals surface area (Å²) in [5.41, 5.74) is 6.97. The van der Waals surface area contributed by atoms with E-state index in [1.807, 2.05) is 24.3 Å². The number of nitrogens with zero attached hydrogens (tertiary/aromatic N) is 3. The lowest BCUT2D eigenvalue weighted by Gasteiger charge is -2.06. The molecule has 3 N–H and O–H groups in total. The van der Waals surface area contributed by atoms with Crippen LogP contribution in [0.5, 0.6) is 5.75 Å². The van der Waals surface area contributed by atoms with Gasteiger partial charge in [-0.2, -0.15) is 4.98 Å². The van der Waals surface area contributed by atoms with Crippen LogP contribution in [0.1, 0.15) is 17.3 Å². The molecule has 0 bridgehead atoms. The summed E-state index contributed by atoms with van der Waals surface area (Å²) >= 11 is 0. The predicted molar refractivity (Wildman–Crippen MR) is 94.5 cm³/mol. The number of nitrogens with one attached hydrogen (secondary N) is 1. The maximum Gasteiger partial charge on any atom is 0.223 e. The van der Waals surface area contributed by atoms with Crippen molar-refractivity contribution in [3.8, 4) is 5.75 Å². The molecule has 1 heterocycles. The van der Waals surface area contributed by atoms with E-state index in [4.69, 9.17) is 15.0 Å². The zero-order valence-corrected chi connectivity index (χ0v) is 14.9. The fraction of sp³-hybridized carbons (Fsp3) is 0.357. The average Bonchev–Trinajstić information content (AvgIpc) is 2.91. The third-order valence-electron chi connectivity index (χ3n) is 2.84. The molecule has 0 unspecified atom stereocenters. The van der Waals surface area contributed by atoms with E-state index >= 15 is 0 Å². The summed E-state index contributed by atoms with van der Waals surface area (Å²) in [6.07, 6.45) is 0.849. The van der Waals surface area contributed by atoms with Gasteiger partial charge in [0.2, 0.25) is 5.89 Å². The molecular formula is C14H20IN5O2. The molecule has 0 aliphatic heterocycles. The highest BCUT2D eigenvalue weighted by atomic mass is 127. The Kier molecular flexibility index (Phi) is 7.64. The van der Waals surface area contributed by atoms with Crippen molar-refractivity contribution < 1.29 is 9.26 Å². The van der Waals surface area contributed by atoms with Crippen molar-refractivity contribution in [2.75, 3.05) is 13.7 Å². The van der Waals surface area contributed by atoms with Crippen molar-refractivity contribution in [2.24, 2.45) is 10.7 Å². The molecule has 0 amide bonds. The third-order valence-corrected chi connectivity index (χ3v) is 2.84. The molecule has 2 rings (SSSR count). The van der Waals surface area contributed by atoms with Crippen LogP contribution in [0.2, 0.25) is 0 Å². The molecule has 120 valence electrons. The largest absolute Gasteiger partial charge is 0.497 e. The maximum atomic E-state index is 5.77. The Bertz CT molecular complexity index is 598. The number of nitrogens with two attached hydrogens (primary N) is 1. The lowest BCUT2D eigenvalue weighted by atomic mass is 10.1. The molecule has 2 aromatic rings. The third kappa shape index (κ3) is 5.88. The van der Waals surface area contributed by atoms with Gasteiger partial charge >= 0.3 is 0 Å². The topological polar surface area (TPSA) is 98.6 Å². The molecule has 0 aliphatic carbocycles. The first-order chi connectivity index (χ1) is 10.2. The van der Waals surface area contributed by atoms with Crippen molar-refractivity contribution in [3.05, 3.63) is 41.5 Å². The molecule has 0 aliphatic rings. The van der Waals surface area contributed by atoms with E-state index in [0.29, 0.717) is 30.8 Å². The van der Waals surface area contributed by atoms with E-state index in [9.17, 15) is 0 Å². The first kappa shape index (κ1) is 18.2. The van der Waals surface area contributed by atoms with Gasteiger partial charge in [0.1, 0.15) is 12.3 Å². The van der Waals surface area contributed by atoms with E-state index in [1.54, 1.807) is 14.0 Å². The number of halogens is 1. The van der Waals surface area contributed by atoms with Crippen LogP contribution < -0.4 is 15.8 Å². The molecule has 0 saturated carbocycles. The van der Waals surface area contributed by atoms with E-state index < -0.39 is 0 Å². The van der Waals surface area contributed by atoms with Crippen LogP contribution in [0.3, 0.4) is 0 Å². The van der Waals surface area contributed by atoms with Crippen LogP contribution in [-0.2, 0) is 13.0 Å². The molecule has 0 atom stereocenters. The smallest absolute Gasteiger partial charge is 0.223 e. The van der Waals surface area contributed by atoms with Gasteiger partial charge in [-0.25, -0.2) is 4.99 Å². The summed E-state index contributed by atoms with van der Waals surface area (Å²) in [6.45, 7) is 2.74. The first-order valence-electron chi connectivity index (χ1n) is 6.63. The normalized spacial score (nSPS) is 10.9. The van der Waals surface area contributed by atoms with Gasteiger partial charge in [-0.05, 0) is 24.1 Å². The fourth-order valence-corrected chi connectivity index (χ4v) is 1.74. The molecule has 1 aromatic heterocycles. The van der Waals surface area contributed by atoms with E-state index in [0.717, 1.165) is 12.2 Å². The zero-order valence-electron chi connectivity index (χ0n) is 12.6. The van der Waals surface area contributed by atoms with Crippen molar-refractivity contribution in [3.63, 3.8) is 0 Å². The Morgan fingerprint density at radius 2 is 2.09 bits per heavy atom. The van der Waals surface area contributed by atoms with E-state index in [1.165, 1.54) is 5.56 Å². The number of aryl methyl sites for hydroxylation is 1. The van der Waals surface area contributed by atoms with Crippen LogP contribution in [0.15, 0.2) is 33.8 Å². The number of ether oxygens (including phenoxy) is 1. The van der Waals surface area contributed by atoms with Crippen LogP contribution >= 0.6 is 24.0 Å². The Balaban J connectivity index is 0.00000242. The lowest BCUT2D eigenvalue weighted by Crippen LogP contribution is -2.33. The number of benzene rings is 1. The van der Waals surface area contributed by atoms with Gasteiger partial charge in [0.05, 0.1) is 7.11 Å². The maximum absolute atomic E-state index is 5.77. The van der Waals surface area contributed by atoms with E-state index in [-0.39, 0.29) is 24.0 Å². The minimum Gasteiger partial charge on any atom is -0.497 e. The number of rotatable bonds is 6. The van der Waals surface area contributed by atoms with Crippen molar-refractivity contribution >= 4 is 29.9 Å². The van der Waals surface area contributed by atoms with Crippen LogP contribution in [-0.4, -0.2) is 29.8 Å². The lowest BCUT2D eigenvalue weighted by molar-refractivity contribution is 0.387. The van der Waals surface area contributed by atoms with Gasteiger partial charge < -0.3 is 20.3 Å². The molecule has 0 fully saturated rings. The summed E-state index contributed by atoms with van der Waals surface area (Å²) < 4.78 is 9.97. The second-order valence-electron chi connectivity index (χ2n) is 4.46. The highest BCUT2D eigenvalue weighted by molar-refractivity contribution is 14.0. The molecule has 0 radical (unpaired) electrons. The SMILES string of the molecule is COc1ccc(CCNC(N)=NCc2noc(C)n2)cc1.I. The second kappa shape index (κ2) is 9.23. The molecular weight excluding hydrogens is 397 g/mol. The number of hydrogen-bond acceptors (Lipinski definition) is 5. The van der Waals surface area contributed by atoms with Gasteiger partial charge in [0.15, 0.2) is 11.8 Å². The van der Waals surface area contributed by atoms with Gasteiger partial charge in [0.25, 0.3) is 0 Å². The number of guanidine groups is 1. The Morgan fingerprint density at radius 3 is 2.68 bits per heavy atom. The molecule has 7 nitrogen and oxygen atoms in total. The summed E-state index contributed by atoms with van der Waals surface area (Å²) in [5.74, 6) is 2.26. The van der Waals surface area contributed by atoms with Gasteiger partial charge in [-0.15, -0.1) is 24.0 Å². The molecule has 8 heteroatoms. The van der Waals surface area contributed by atoms with Crippen molar-refractivity contribution in [1.82, 2.24) is 15.5 Å². The number of methoxy groups -OCH3 is 1. The number of hydrogen-bond donors (Lipinski definition) is 2. The number of aliphatic imine (C=N–C) groups is 1. The summed E-state index contributed by atoms with van der Waals surface area (Å²) in [4.78, 5) is 8.19. The molecule has 0 spiro atoms.